The van der Waals surface area contributed by atoms with Gasteiger partial charge in [0.15, 0.2) is 0 Å². The molecule has 1 aromatic rings. The molecule has 0 aliphatic carbocycles. The van der Waals surface area contributed by atoms with E-state index in [1.807, 2.05) is 14.0 Å². The smallest absolute Gasteiger partial charge is 0.139 e. The second-order valence-electron chi connectivity index (χ2n) is 4.36. The second-order valence-corrected chi connectivity index (χ2v) is 6.00. The first-order chi connectivity index (χ1) is 8.65. The zero-order chi connectivity index (χ0) is 13.5. The summed E-state index contributed by atoms with van der Waals surface area (Å²) in [6.45, 7) is 4.10. The zero-order valence-electron chi connectivity index (χ0n) is 11.3. The van der Waals surface area contributed by atoms with Gasteiger partial charge in [0.05, 0.1) is 20.9 Å². The first-order valence-corrected chi connectivity index (χ1v) is 7.69. The minimum atomic E-state index is -1.30. The summed E-state index contributed by atoms with van der Waals surface area (Å²) in [5, 5.41) is 3.16. The quantitative estimate of drug-likeness (QED) is 0.825. The lowest BCUT2D eigenvalue weighted by molar-refractivity contribution is 0.479. The van der Waals surface area contributed by atoms with Crippen LogP contribution in [-0.4, -0.2) is 22.5 Å². The van der Waals surface area contributed by atoms with Crippen molar-refractivity contribution in [1.29, 1.82) is 0 Å². The van der Waals surface area contributed by atoms with E-state index in [2.05, 4.69) is 12.2 Å². The average molecular weight is 271 g/mol. The van der Waals surface area contributed by atoms with Gasteiger partial charge in [0.25, 0.3) is 0 Å². The van der Waals surface area contributed by atoms with Crippen molar-refractivity contribution >= 4 is 10.8 Å². The molecule has 0 spiro atoms. The topological polar surface area (TPSA) is 29.1 Å². The Morgan fingerprint density at radius 3 is 2.50 bits per heavy atom. The van der Waals surface area contributed by atoms with Crippen LogP contribution in [0.15, 0.2) is 29.2 Å². The van der Waals surface area contributed by atoms with Crippen molar-refractivity contribution in [2.24, 2.45) is 0 Å². The van der Waals surface area contributed by atoms with Crippen LogP contribution in [0.3, 0.4) is 0 Å². The van der Waals surface area contributed by atoms with Crippen molar-refractivity contribution in [2.75, 3.05) is 7.05 Å². The molecule has 0 amide bonds. The molecule has 1 aromatic carbocycles. The van der Waals surface area contributed by atoms with Crippen molar-refractivity contribution in [3.63, 3.8) is 0 Å². The molecule has 2 nitrogen and oxygen atoms in total. The Balaban J connectivity index is 2.95. The van der Waals surface area contributed by atoms with Crippen LogP contribution in [-0.2, 0) is 10.8 Å². The van der Waals surface area contributed by atoms with E-state index in [-0.39, 0.29) is 17.1 Å². The summed E-state index contributed by atoms with van der Waals surface area (Å²) in [7, 11) is 0.575. The average Bonchev–Trinajstić information content (AvgIpc) is 2.38. The largest absolute Gasteiger partial charge is 0.316 e. The van der Waals surface area contributed by atoms with Crippen LogP contribution in [0.5, 0.6) is 0 Å². The van der Waals surface area contributed by atoms with Gasteiger partial charge in [-0.15, -0.1) is 0 Å². The fourth-order valence-corrected chi connectivity index (χ4v) is 3.86. The summed E-state index contributed by atoms with van der Waals surface area (Å²) >= 11 is 0. The minimum Gasteiger partial charge on any atom is -0.316 e. The third kappa shape index (κ3) is 3.62. The van der Waals surface area contributed by atoms with E-state index in [1.54, 1.807) is 18.2 Å². The molecule has 0 radical (unpaired) electrons. The van der Waals surface area contributed by atoms with Gasteiger partial charge in [-0.05, 0) is 32.0 Å². The van der Waals surface area contributed by atoms with Crippen LogP contribution in [0, 0.1) is 5.82 Å². The van der Waals surface area contributed by atoms with Crippen LogP contribution in [0.4, 0.5) is 4.39 Å². The molecule has 3 unspecified atom stereocenters. The molecular formula is C14H22FNOS. The number of benzene rings is 1. The van der Waals surface area contributed by atoms with Crippen molar-refractivity contribution in [2.45, 2.75) is 49.3 Å². The molecule has 0 saturated heterocycles. The highest BCUT2D eigenvalue weighted by Crippen LogP contribution is 2.21. The summed E-state index contributed by atoms with van der Waals surface area (Å²) in [4.78, 5) is 0.320. The maximum absolute atomic E-state index is 13.7. The first kappa shape index (κ1) is 15.3. The molecule has 0 aliphatic rings. The monoisotopic (exact) mass is 271 g/mol. The molecule has 0 aromatic heterocycles. The van der Waals surface area contributed by atoms with Crippen LogP contribution in [0.2, 0.25) is 0 Å². The number of halogens is 1. The van der Waals surface area contributed by atoms with Gasteiger partial charge in [-0.3, -0.25) is 4.21 Å². The molecule has 18 heavy (non-hydrogen) atoms. The minimum absolute atomic E-state index is 0.0492. The standard InChI is InChI=1S/C14H22FNOS/c1-4-8-12(16-3)13(5-2)18(17)14-10-7-6-9-11(14)15/h6-7,9-10,12-13,16H,4-5,8H2,1-3H3. The summed E-state index contributed by atoms with van der Waals surface area (Å²) < 4.78 is 26.2. The normalized spacial score (nSPS) is 16.2. The number of hydrogen-bond donors (Lipinski definition) is 1. The van der Waals surface area contributed by atoms with Gasteiger partial charge < -0.3 is 5.32 Å². The van der Waals surface area contributed by atoms with Crippen LogP contribution < -0.4 is 5.32 Å². The van der Waals surface area contributed by atoms with Crippen LogP contribution in [0.25, 0.3) is 0 Å². The molecule has 0 heterocycles. The molecule has 1 N–H and O–H groups in total. The van der Waals surface area contributed by atoms with E-state index < -0.39 is 10.8 Å². The first-order valence-electron chi connectivity index (χ1n) is 6.48. The van der Waals surface area contributed by atoms with Gasteiger partial charge >= 0.3 is 0 Å². The predicted octanol–water partition coefficient (Wildman–Crippen LogP) is 3.10. The van der Waals surface area contributed by atoms with E-state index in [4.69, 9.17) is 0 Å². The van der Waals surface area contributed by atoms with E-state index in [0.717, 1.165) is 19.3 Å². The third-order valence-electron chi connectivity index (χ3n) is 3.15. The van der Waals surface area contributed by atoms with E-state index in [9.17, 15) is 8.60 Å². The molecule has 1 rings (SSSR count). The fraction of sp³-hybridized carbons (Fsp3) is 0.571. The maximum Gasteiger partial charge on any atom is 0.139 e. The highest BCUT2D eigenvalue weighted by Gasteiger charge is 2.26. The molecular weight excluding hydrogens is 249 g/mol. The van der Waals surface area contributed by atoms with E-state index in [0.29, 0.717) is 4.90 Å². The molecule has 0 aliphatic heterocycles. The van der Waals surface area contributed by atoms with E-state index in [1.165, 1.54) is 6.07 Å². The number of hydrogen-bond acceptors (Lipinski definition) is 2. The van der Waals surface area contributed by atoms with Crippen LogP contribution >= 0.6 is 0 Å². The Labute approximate surface area is 111 Å². The second kappa shape index (κ2) is 7.64. The molecule has 0 fully saturated rings. The SMILES string of the molecule is CCCC(NC)C(CC)S(=O)c1ccccc1F. The van der Waals surface area contributed by atoms with E-state index >= 15 is 0 Å². The maximum atomic E-state index is 13.7. The van der Waals surface area contributed by atoms with Gasteiger partial charge in [-0.2, -0.15) is 0 Å². The molecule has 102 valence electrons. The molecule has 0 saturated carbocycles. The number of nitrogens with one attached hydrogen (secondary N) is 1. The summed E-state index contributed by atoms with van der Waals surface area (Å²) in [5.41, 5.74) is 0. The van der Waals surface area contributed by atoms with Crippen molar-refractivity contribution < 1.29 is 8.60 Å². The fourth-order valence-electron chi connectivity index (χ4n) is 2.18. The zero-order valence-corrected chi connectivity index (χ0v) is 12.1. The Hall–Kier alpha value is -0.740. The molecule has 3 atom stereocenters. The third-order valence-corrected chi connectivity index (χ3v) is 5.13. The Bertz CT molecular complexity index is 397. The summed E-state index contributed by atoms with van der Waals surface area (Å²) in [6.07, 6.45) is 2.75. The highest BCUT2D eigenvalue weighted by atomic mass is 32.2. The Morgan fingerprint density at radius 2 is 2.00 bits per heavy atom. The van der Waals surface area contributed by atoms with Crippen molar-refractivity contribution in [1.82, 2.24) is 5.32 Å². The lowest BCUT2D eigenvalue weighted by atomic mass is 10.1. The van der Waals surface area contributed by atoms with Gasteiger partial charge in [-0.1, -0.05) is 32.4 Å². The molecule has 0 bridgehead atoms. The Morgan fingerprint density at radius 1 is 1.33 bits per heavy atom. The molecule has 4 heteroatoms. The summed E-state index contributed by atoms with van der Waals surface area (Å²) in [5.74, 6) is -0.374. The van der Waals surface area contributed by atoms with Gasteiger partial charge in [0.1, 0.15) is 5.82 Å². The van der Waals surface area contributed by atoms with Crippen molar-refractivity contribution in [3.8, 4) is 0 Å². The predicted molar refractivity (Wildman–Crippen MR) is 74.6 cm³/mol. The number of rotatable bonds is 7. The lowest BCUT2D eigenvalue weighted by Crippen LogP contribution is -2.40. The van der Waals surface area contributed by atoms with Gasteiger partial charge in [-0.25, -0.2) is 4.39 Å². The van der Waals surface area contributed by atoms with Crippen LogP contribution in [0.1, 0.15) is 33.1 Å². The Kier molecular flexibility index (Phi) is 6.50. The lowest BCUT2D eigenvalue weighted by Gasteiger charge is -2.25. The van der Waals surface area contributed by atoms with Gasteiger partial charge in [0.2, 0.25) is 0 Å². The van der Waals surface area contributed by atoms with Gasteiger partial charge in [0, 0.05) is 6.04 Å². The van der Waals surface area contributed by atoms with Crippen molar-refractivity contribution in [3.05, 3.63) is 30.1 Å². The highest BCUT2D eigenvalue weighted by molar-refractivity contribution is 7.85. The summed E-state index contributed by atoms with van der Waals surface area (Å²) in [6, 6.07) is 6.51.